The predicted octanol–water partition coefficient (Wildman–Crippen LogP) is 1.92. The molecule has 4 nitrogen and oxygen atoms in total. The molecule has 0 spiro atoms. The predicted molar refractivity (Wildman–Crippen MR) is 66.2 cm³/mol. The number of nitrogens with zero attached hydrogens (tertiary/aromatic N) is 1. The van der Waals surface area contributed by atoms with E-state index < -0.39 is 5.54 Å². The van der Waals surface area contributed by atoms with E-state index in [-0.39, 0.29) is 5.91 Å². The average molecular weight is 284 g/mol. The Hall–Kier alpha value is -0.940. The van der Waals surface area contributed by atoms with Crippen LogP contribution in [0.4, 0.5) is 5.69 Å². The molecule has 16 heavy (non-hydrogen) atoms. The number of aromatic nitrogens is 1. The fraction of sp³-hybridized carbons (Fsp3) is 0.455. The first-order valence-corrected chi connectivity index (χ1v) is 6.08. The van der Waals surface area contributed by atoms with Gasteiger partial charge in [0.2, 0.25) is 5.91 Å². The summed E-state index contributed by atoms with van der Waals surface area (Å²) in [5.41, 5.74) is 0.261. The molecule has 1 aromatic rings. The molecule has 1 saturated heterocycles. The largest absolute Gasteiger partial charge is 0.322 e. The van der Waals surface area contributed by atoms with Crippen LogP contribution in [0.2, 0.25) is 0 Å². The van der Waals surface area contributed by atoms with Crippen LogP contribution >= 0.6 is 15.9 Å². The molecule has 1 atom stereocenters. The number of carbonyl (C=O) groups excluding carboxylic acids is 1. The number of pyridine rings is 1. The van der Waals surface area contributed by atoms with E-state index in [1.54, 1.807) is 12.3 Å². The second-order valence-electron chi connectivity index (χ2n) is 4.16. The molecule has 1 aliphatic rings. The highest BCUT2D eigenvalue weighted by Crippen LogP contribution is 2.23. The lowest BCUT2D eigenvalue weighted by Crippen LogP contribution is -2.48. The Bertz CT molecular complexity index is 402. The molecule has 1 amide bonds. The van der Waals surface area contributed by atoms with Crippen molar-refractivity contribution in [3.8, 4) is 0 Å². The monoisotopic (exact) mass is 283 g/mol. The van der Waals surface area contributed by atoms with Gasteiger partial charge < -0.3 is 10.6 Å². The zero-order valence-electron chi connectivity index (χ0n) is 9.09. The minimum Gasteiger partial charge on any atom is -0.322 e. The van der Waals surface area contributed by atoms with E-state index >= 15 is 0 Å². The smallest absolute Gasteiger partial charge is 0.244 e. The molecule has 1 aliphatic heterocycles. The van der Waals surface area contributed by atoms with E-state index in [2.05, 4.69) is 31.5 Å². The van der Waals surface area contributed by atoms with Crippen LogP contribution < -0.4 is 10.6 Å². The highest BCUT2D eigenvalue weighted by atomic mass is 79.9. The van der Waals surface area contributed by atoms with Crippen LogP contribution in [0.15, 0.2) is 22.9 Å². The molecule has 2 heterocycles. The number of nitrogens with one attached hydrogen (secondary N) is 2. The summed E-state index contributed by atoms with van der Waals surface area (Å²) in [6.07, 6.45) is 3.59. The number of anilines is 1. The number of halogens is 1. The maximum Gasteiger partial charge on any atom is 0.244 e. The van der Waals surface area contributed by atoms with Crippen LogP contribution in [0.1, 0.15) is 19.8 Å². The van der Waals surface area contributed by atoms with Gasteiger partial charge in [0.05, 0.1) is 11.2 Å². The summed E-state index contributed by atoms with van der Waals surface area (Å²) < 4.78 is 0.657. The molecule has 0 saturated carbocycles. The van der Waals surface area contributed by atoms with Crippen molar-refractivity contribution in [2.24, 2.45) is 0 Å². The van der Waals surface area contributed by atoms with Crippen LogP contribution in [0, 0.1) is 0 Å². The van der Waals surface area contributed by atoms with Gasteiger partial charge in [0, 0.05) is 6.20 Å². The lowest BCUT2D eigenvalue weighted by Gasteiger charge is -2.23. The van der Waals surface area contributed by atoms with Gasteiger partial charge >= 0.3 is 0 Å². The van der Waals surface area contributed by atoms with Crippen molar-refractivity contribution >= 4 is 27.5 Å². The molecular weight excluding hydrogens is 270 g/mol. The summed E-state index contributed by atoms with van der Waals surface area (Å²) in [5, 5.41) is 6.11. The number of hydrogen-bond acceptors (Lipinski definition) is 3. The molecule has 1 unspecified atom stereocenters. The third kappa shape index (κ3) is 2.25. The number of hydrogen-bond donors (Lipinski definition) is 2. The normalized spacial score (nSPS) is 24.4. The van der Waals surface area contributed by atoms with Gasteiger partial charge in [0.25, 0.3) is 0 Å². The van der Waals surface area contributed by atoms with Crippen LogP contribution in [0.25, 0.3) is 0 Å². The number of rotatable bonds is 2. The van der Waals surface area contributed by atoms with Crippen molar-refractivity contribution < 1.29 is 4.79 Å². The average Bonchev–Trinajstić information content (AvgIpc) is 2.70. The number of amides is 1. The van der Waals surface area contributed by atoms with E-state index in [1.807, 2.05) is 13.0 Å². The minimum absolute atomic E-state index is 0.00120. The molecular formula is C11H14BrN3O. The Morgan fingerprint density at radius 3 is 3.12 bits per heavy atom. The quantitative estimate of drug-likeness (QED) is 0.816. The van der Waals surface area contributed by atoms with Gasteiger partial charge in [-0.25, -0.2) is 4.98 Å². The van der Waals surface area contributed by atoms with Crippen molar-refractivity contribution in [1.29, 1.82) is 0 Å². The highest BCUT2D eigenvalue weighted by molar-refractivity contribution is 9.10. The summed E-state index contributed by atoms with van der Waals surface area (Å²) in [7, 11) is 0. The number of carbonyl (C=O) groups is 1. The van der Waals surface area contributed by atoms with Crippen molar-refractivity contribution in [3.05, 3.63) is 22.9 Å². The molecule has 1 aromatic heterocycles. The molecule has 2 N–H and O–H groups in total. The van der Waals surface area contributed by atoms with E-state index in [1.165, 1.54) is 0 Å². The van der Waals surface area contributed by atoms with Gasteiger partial charge in [-0.05, 0) is 54.4 Å². The summed E-state index contributed by atoms with van der Waals surface area (Å²) >= 11 is 3.30. The van der Waals surface area contributed by atoms with Gasteiger partial charge in [0.15, 0.2) is 0 Å². The van der Waals surface area contributed by atoms with E-state index in [0.717, 1.165) is 19.4 Å². The standard InChI is InChI=1S/C11H14BrN3O/c1-11(5-3-7-14-11)10(16)15-8-4-2-6-13-9(8)12/h2,4,6,14H,3,5,7H2,1H3,(H,15,16). The fourth-order valence-electron chi connectivity index (χ4n) is 1.83. The third-order valence-corrected chi connectivity index (χ3v) is 3.51. The molecule has 5 heteroatoms. The summed E-state index contributed by atoms with van der Waals surface area (Å²) in [5.74, 6) is -0.00120. The molecule has 0 bridgehead atoms. The van der Waals surface area contributed by atoms with Gasteiger partial charge in [0.1, 0.15) is 4.60 Å². The van der Waals surface area contributed by atoms with Crippen LogP contribution in [0.5, 0.6) is 0 Å². The van der Waals surface area contributed by atoms with Crippen molar-refractivity contribution in [2.75, 3.05) is 11.9 Å². The summed E-state index contributed by atoms with van der Waals surface area (Å²) in [4.78, 5) is 16.1. The first-order valence-electron chi connectivity index (χ1n) is 5.29. The first-order chi connectivity index (χ1) is 7.62. The second kappa shape index (κ2) is 4.51. The van der Waals surface area contributed by atoms with Crippen LogP contribution in [-0.4, -0.2) is 23.0 Å². The zero-order chi connectivity index (χ0) is 11.6. The zero-order valence-corrected chi connectivity index (χ0v) is 10.7. The molecule has 0 aromatic carbocycles. The maximum atomic E-state index is 12.1. The van der Waals surface area contributed by atoms with Gasteiger partial charge in [-0.15, -0.1) is 0 Å². The van der Waals surface area contributed by atoms with Crippen LogP contribution in [-0.2, 0) is 4.79 Å². The second-order valence-corrected chi connectivity index (χ2v) is 4.91. The van der Waals surface area contributed by atoms with Gasteiger partial charge in [-0.3, -0.25) is 4.79 Å². The van der Waals surface area contributed by atoms with Crippen LogP contribution in [0.3, 0.4) is 0 Å². The van der Waals surface area contributed by atoms with Gasteiger partial charge in [-0.2, -0.15) is 0 Å². The fourth-order valence-corrected chi connectivity index (χ4v) is 2.18. The first kappa shape index (κ1) is 11.5. The minimum atomic E-state index is -0.449. The van der Waals surface area contributed by atoms with E-state index in [9.17, 15) is 4.79 Å². The topological polar surface area (TPSA) is 54.0 Å². The van der Waals surface area contributed by atoms with E-state index in [4.69, 9.17) is 0 Å². The lowest BCUT2D eigenvalue weighted by atomic mass is 9.99. The Morgan fingerprint density at radius 2 is 2.50 bits per heavy atom. The molecule has 0 radical (unpaired) electrons. The molecule has 2 rings (SSSR count). The Morgan fingerprint density at radius 1 is 1.69 bits per heavy atom. The van der Waals surface area contributed by atoms with Gasteiger partial charge in [-0.1, -0.05) is 0 Å². The highest BCUT2D eigenvalue weighted by Gasteiger charge is 2.36. The van der Waals surface area contributed by atoms with E-state index in [0.29, 0.717) is 10.3 Å². The Balaban J connectivity index is 2.10. The molecule has 1 fully saturated rings. The third-order valence-electron chi connectivity index (χ3n) is 2.88. The van der Waals surface area contributed by atoms with Crippen molar-refractivity contribution in [3.63, 3.8) is 0 Å². The summed E-state index contributed by atoms with van der Waals surface area (Å²) in [6.45, 7) is 2.83. The summed E-state index contributed by atoms with van der Waals surface area (Å²) in [6, 6.07) is 3.62. The van der Waals surface area contributed by atoms with Crippen molar-refractivity contribution in [1.82, 2.24) is 10.3 Å². The lowest BCUT2D eigenvalue weighted by molar-refractivity contribution is -0.121. The SMILES string of the molecule is CC1(C(=O)Nc2cccnc2Br)CCCN1. The maximum absolute atomic E-state index is 12.1. The molecule has 0 aliphatic carbocycles. The molecule has 86 valence electrons. The van der Waals surface area contributed by atoms with Crippen molar-refractivity contribution in [2.45, 2.75) is 25.3 Å². The Kier molecular flexibility index (Phi) is 3.25. The Labute approximate surface area is 103 Å².